The summed E-state index contributed by atoms with van der Waals surface area (Å²) in [6.07, 6.45) is 5.06. The molecule has 21 heavy (non-hydrogen) atoms. The van der Waals surface area contributed by atoms with Gasteiger partial charge in [0.1, 0.15) is 0 Å². The van der Waals surface area contributed by atoms with Crippen molar-refractivity contribution in [2.24, 2.45) is 0 Å². The number of aryl methyl sites for hydroxylation is 1. The molecule has 102 valence electrons. The van der Waals surface area contributed by atoms with E-state index < -0.39 is 0 Å². The van der Waals surface area contributed by atoms with Crippen molar-refractivity contribution >= 4 is 16.8 Å². The predicted molar refractivity (Wildman–Crippen MR) is 85.3 cm³/mol. The first-order valence-electron chi connectivity index (χ1n) is 7.17. The van der Waals surface area contributed by atoms with Crippen LogP contribution in [0.4, 0.5) is 0 Å². The zero-order valence-corrected chi connectivity index (χ0v) is 11.8. The van der Waals surface area contributed by atoms with Crippen molar-refractivity contribution in [2.75, 3.05) is 0 Å². The van der Waals surface area contributed by atoms with Gasteiger partial charge in [0.15, 0.2) is 0 Å². The molecule has 0 spiro atoms. The van der Waals surface area contributed by atoms with Crippen LogP contribution >= 0.6 is 0 Å². The minimum atomic E-state index is 0.741. The van der Waals surface area contributed by atoms with Gasteiger partial charge in [0.25, 0.3) is 0 Å². The van der Waals surface area contributed by atoms with Gasteiger partial charge in [0, 0.05) is 18.0 Å². The summed E-state index contributed by atoms with van der Waals surface area (Å²) < 4.78 is 2.05. The summed E-state index contributed by atoms with van der Waals surface area (Å²) in [7, 11) is 0. The van der Waals surface area contributed by atoms with E-state index in [2.05, 4.69) is 57.8 Å². The SMILES string of the molecule is CCc1ccc(-c2cnc3nc4ccccc4n3c2)cc1. The predicted octanol–water partition coefficient (Wildman–Crippen LogP) is 4.11. The third kappa shape index (κ3) is 1.98. The molecule has 0 radical (unpaired) electrons. The van der Waals surface area contributed by atoms with Crippen molar-refractivity contribution in [2.45, 2.75) is 13.3 Å². The summed E-state index contributed by atoms with van der Waals surface area (Å²) in [6.45, 7) is 2.17. The van der Waals surface area contributed by atoms with Crippen molar-refractivity contribution in [3.05, 3.63) is 66.5 Å². The lowest BCUT2D eigenvalue weighted by atomic mass is 10.1. The molecule has 4 aromatic rings. The number of rotatable bonds is 2. The van der Waals surface area contributed by atoms with Gasteiger partial charge in [0.2, 0.25) is 5.78 Å². The molecule has 0 bridgehead atoms. The number of hydrogen-bond donors (Lipinski definition) is 0. The van der Waals surface area contributed by atoms with Crippen LogP contribution in [0, 0.1) is 0 Å². The Balaban J connectivity index is 1.90. The van der Waals surface area contributed by atoms with Crippen molar-refractivity contribution in [1.29, 1.82) is 0 Å². The van der Waals surface area contributed by atoms with Gasteiger partial charge in [-0.2, -0.15) is 0 Å². The van der Waals surface area contributed by atoms with Crippen LogP contribution in [-0.4, -0.2) is 14.4 Å². The standard InChI is InChI=1S/C18H15N3/c1-2-13-7-9-14(10-8-13)15-11-19-18-20-16-5-3-4-6-17(16)21(18)12-15/h3-12H,2H2,1H3. The van der Waals surface area contributed by atoms with E-state index in [1.807, 2.05) is 24.4 Å². The van der Waals surface area contributed by atoms with Crippen molar-refractivity contribution in [3.63, 3.8) is 0 Å². The first-order chi connectivity index (χ1) is 10.3. The van der Waals surface area contributed by atoms with Gasteiger partial charge in [-0.3, -0.25) is 4.40 Å². The molecule has 4 rings (SSSR count). The first kappa shape index (κ1) is 12.1. The number of imidazole rings is 1. The van der Waals surface area contributed by atoms with Gasteiger partial charge < -0.3 is 0 Å². The Hall–Kier alpha value is -2.68. The molecule has 0 unspecified atom stereocenters. The maximum atomic E-state index is 4.53. The second kappa shape index (κ2) is 4.70. The van der Waals surface area contributed by atoms with Gasteiger partial charge in [-0.25, -0.2) is 9.97 Å². The third-order valence-electron chi connectivity index (χ3n) is 3.86. The van der Waals surface area contributed by atoms with Crippen LogP contribution in [-0.2, 0) is 6.42 Å². The molecule has 0 fully saturated rings. The molecule has 0 atom stereocenters. The Morgan fingerprint density at radius 1 is 0.952 bits per heavy atom. The van der Waals surface area contributed by atoms with E-state index in [-0.39, 0.29) is 0 Å². The van der Waals surface area contributed by atoms with Crippen molar-refractivity contribution in [3.8, 4) is 11.1 Å². The highest BCUT2D eigenvalue weighted by Crippen LogP contribution is 2.22. The third-order valence-corrected chi connectivity index (χ3v) is 3.86. The molecule has 2 aromatic carbocycles. The Morgan fingerprint density at radius 3 is 2.57 bits per heavy atom. The Kier molecular flexibility index (Phi) is 2.71. The molecular weight excluding hydrogens is 258 g/mol. The average molecular weight is 273 g/mol. The molecule has 0 aliphatic rings. The minimum absolute atomic E-state index is 0.741. The number of nitrogens with zero attached hydrogens (tertiary/aromatic N) is 3. The molecule has 3 heteroatoms. The summed E-state index contributed by atoms with van der Waals surface area (Å²) in [5.41, 5.74) is 5.70. The summed E-state index contributed by atoms with van der Waals surface area (Å²) in [5, 5.41) is 0. The molecule has 0 aliphatic carbocycles. The van der Waals surface area contributed by atoms with Crippen LogP contribution in [0.1, 0.15) is 12.5 Å². The van der Waals surface area contributed by atoms with E-state index in [1.165, 1.54) is 11.1 Å². The van der Waals surface area contributed by atoms with Gasteiger partial charge in [-0.15, -0.1) is 0 Å². The number of benzene rings is 2. The second-order valence-corrected chi connectivity index (χ2v) is 5.16. The monoisotopic (exact) mass is 273 g/mol. The average Bonchev–Trinajstić information content (AvgIpc) is 2.93. The van der Waals surface area contributed by atoms with Gasteiger partial charge in [-0.1, -0.05) is 43.3 Å². The zero-order chi connectivity index (χ0) is 14.2. The van der Waals surface area contributed by atoms with E-state index >= 15 is 0 Å². The fourth-order valence-corrected chi connectivity index (χ4v) is 2.63. The highest BCUT2D eigenvalue weighted by atomic mass is 15.1. The van der Waals surface area contributed by atoms with E-state index in [0.717, 1.165) is 28.8 Å². The molecule has 0 saturated heterocycles. The number of para-hydroxylation sites is 2. The van der Waals surface area contributed by atoms with E-state index in [0.29, 0.717) is 0 Å². The number of fused-ring (bicyclic) bond motifs is 3. The second-order valence-electron chi connectivity index (χ2n) is 5.16. The maximum Gasteiger partial charge on any atom is 0.234 e. The summed E-state index contributed by atoms with van der Waals surface area (Å²) in [4.78, 5) is 9.02. The highest BCUT2D eigenvalue weighted by Gasteiger charge is 2.06. The quantitative estimate of drug-likeness (QED) is 0.550. The molecule has 0 amide bonds. The highest BCUT2D eigenvalue weighted by molar-refractivity contribution is 5.80. The fraction of sp³-hybridized carbons (Fsp3) is 0.111. The largest absolute Gasteiger partial charge is 0.283 e. The van der Waals surface area contributed by atoms with Crippen LogP contribution in [0.2, 0.25) is 0 Å². The molecule has 0 aliphatic heterocycles. The first-order valence-corrected chi connectivity index (χ1v) is 7.17. The Labute approximate surface area is 122 Å². The van der Waals surface area contributed by atoms with Crippen LogP contribution in [0.5, 0.6) is 0 Å². The fourth-order valence-electron chi connectivity index (χ4n) is 2.63. The van der Waals surface area contributed by atoms with Crippen LogP contribution in [0.15, 0.2) is 60.9 Å². The smallest absolute Gasteiger partial charge is 0.234 e. The van der Waals surface area contributed by atoms with E-state index in [4.69, 9.17) is 0 Å². The molecule has 0 saturated carbocycles. The lowest BCUT2D eigenvalue weighted by Gasteiger charge is -2.04. The topological polar surface area (TPSA) is 30.2 Å². The van der Waals surface area contributed by atoms with Gasteiger partial charge in [-0.05, 0) is 29.7 Å². The zero-order valence-electron chi connectivity index (χ0n) is 11.8. The summed E-state index contributed by atoms with van der Waals surface area (Å²) >= 11 is 0. The van der Waals surface area contributed by atoms with Crippen molar-refractivity contribution in [1.82, 2.24) is 14.4 Å². The molecule has 2 heterocycles. The van der Waals surface area contributed by atoms with Crippen LogP contribution in [0.25, 0.3) is 27.9 Å². The lowest BCUT2D eigenvalue weighted by Crippen LogP contribution is -1.90. The summed E-state index contributed by atoms with van der Waals surface area (Å²) in [6, 6.07) is 16.8. The van der Waals surface area contributed by atoms with Crippen molar-refractivity contribution < 1.29 is 0 Å². The maximum absolute atomic E-state index is 4.53. The van der Waals surface area contributed by atoms with E-state index in [9.17, 15) is 0 Å². The van der Waals surface area contributed by atoms with Crippen LogP contribution < -0.4 is 0 Å². The minimum Gasteiger partial charge on any atom is -0.283 e. The Morgan fingerprint density at radius 2 is 1.76 bits per heavy atom. The molecule has 2 aromatic heterocycles. The number of hydrogen-bond acceptors (Lipinski definition) is 2. The van der Waals surface area contributed by atoms with Gasteiger partial charge in [0.05, 0.1) is 11.0 Å². The normalized spacial score (nSPS) is 11.3. The molecule has 0 N–H and O–H groups in total. The Bertz CT molecular complexity index is 920. The molecule has 3 nitrogen and oxygen atoms in total. The van der Waals surface area contributed by atoms with E-state index in [1.54, 1.807) is 0 Å². The summed E-state index contributed by atoms with van der Waals surface area (Å²) in [5.74, 6) is 0.741. The van der Waals surface area contributed by atoms with Crippen LogP contribution in [0.3, 0.4) is 0 Å². The lowest BCUT2D eigenvalue weighted by molar-refractivity contribution is 1.13. The molecular formula is C18H15N3. The van der Waals surface area contributed by atoms with Gasteiger partial charge >= 0.3 is 0 Å². The number of aromatic nitrogens is 3.